The van der Waals surface area contributed by atoms with Crippen molar-refractivity contribution in [1.29, 1.82) is 0 Å². The highest BCUT2D eigenvalue weighted by Crippen LogP contribution is 1.91. The Morgan fingerprint density at radius 3 is 2.80 bits per heavy atom. The van der Waals surface area contributed by atoms with Gasteiger partial charge in [0.25, 0.3) is 0 Å². The van der Waals surface area contributed by atoms with E-state index in [0.29, 0.717) is 0 Å². The molecule has 0 saturated heterocycles. The molecular formula is C6H12IN3. The molecule has 0 spiro atoms. The number of hydrogen-bond acceptors (Lipinski definition) is 2. The molecule has 0 fully saturated rings. The number of halogens is 1. The van der Waals surface area contributed by atoms with Gasteiger partial charge in [0.1, 0.15) is 0 Å². The average molecular weight is 253 g/mol. The first-order chi connectivity index (χ1) is 4.70. The smallest absolute Gasteiger partial charge is 0.0981 e. The molecule has 0 amide bonds. The molecule has 0 heterocycles. The van der Waals surface area contributed by atoms with E-state index in [-0.39, 0.29) is 0 Å². The van der Waals surface area contributed by atoms with Crippen LogP contribution in [-0.4, -0.2) is 17.3 Å². The highest BCUT2D eigenvalue weighted by atomic mass is 127. The zero-order valence-corrected chi connectivity index (χ0v) is 8.34. The fourth-order valence-electron chi connectivity index (χ4n) is 0.279. The number of nitrogens with one attached hydrogen (secondary N) is 1. The summed E-state index contributed by atoms with van der Waals surface area (Å²) < 4.78 is 0.818. The summed E-state index contributed by atoms with van der Waals surface area (Å²) in [7, 11) is 1.83. The number of hydrogen-bond donors (Lipinski definition) is 2. The van der Waals surface area contributed by atoms with Gasteiger partial charge in [0.05, 0.1) is 5.84 Å². The van der Waals surface area contributed by atoms with Gasteiger partial charge in [0, 0.05) is 23.4 Å². The molecule has 0 saturated carbocycles. The third kappa shape index (κ3) is 4.60. The van der Waals surface area contributed by atoms with Crippen molar-refractivity contribution in [2.24, 2.45) is 10.7 Å². The van der Waals surface area contributed by atoms with E-state index >= 15 is 0 Å². The van der Waals surface area contributed by atoms with Gasteiger partial charge in [0.15, 0.2) is 0 Å². The monoisotopic (exact) mass is 253 g/mol. The Kier molecular flexibility index (Phi) is 5.38. The molecule has 3 nitrogen and oxygen atoms in total. The Balaban J connectivity index is 3.91. The maximum absolute atomic E-state index is 5.49. The number of alkyl halides is 1. The van der Waals surface area contributed by atoms with Crippen LogP contribution < -0.4 is 11.1 Å². The van der Waals surface area contributed by atoms with Crippen molar-refractivity contribution in [3.8, 4) is 0 Å². The summed E-state index contributed by atoms with van der Waals surface area (Å²) >= 11 is 2.19. The van der Waals surface area contributed by atoms with Crippen LogP contribution in [0.25, 0.3) is 0 Å². The predicted octanol–water partition coefficient (Wildman–Crippen LogP) is 0.859. The Bertz CT molecular complexity index is 133. The van der Waals surface area contributed by atoms with Gasteiger partial charge >= 0.3 is 0 Å². The Labute approximate surface area is 74.9 Å². The van der Waals surface area contributed by atoms with E-state index in [0.717, 1.165) is 16.0 Å². The minimum absolute atomic E-state index is 0.787. The van der Waals surface area contributed by atoms with E-state index in [9.17, 15) is 0 Å². The number of allylic oxidation sites excluding steroid dienone is 1. The van der Waals surface area contributed by atoms with Gasteiger partial charge in [-0.05, 0) is 6.92 Å². The van der Waals surface area contributed by atoms with E-state index in [1.165, 1.54) is 0 Å². The first-order valence-corrected chi connectivity index (χ1v) is 4.46. The Hall–Kier alpha value is -0.260. The van der Waals surface area contributed by atoms with Crippen molar-refractivity contribution >= 4 is 28.4 Å². The van der Waals surface area contributed by atoms with E-state index in [1.807, 2.05) is 14.0 Å². The molecule has 0 aromatic carbocycles. The zero-order chi connectivity index (χ0) is 7.98. The average Bonchev–Trinajstić information content (AvgIpc) is 1.99. The van der Waals surface area contributed by atoms with Gasteiger partial charge in [-0.15, -0.1) is 0 Å². The minimum atomic E-state index is 0.787. The third-order valence-electron chi connectivity index (χ3n) is 0.940. The van der Waals surface area contributed by atoms with Crippen molar-refractivity contribution in [1.82, 2.24) is 5.32 Å². The van der Waals surface area contributed by atoms with Crippen molar-refractivity contribution in [2.45, 2.75) is 6.92 Å². The number of aliphatic imine (C=N–C) groups is 1. The second kappa shape index (κ2) is 5.52. The van der Waals surface area contributed by atoms with Crippen LogP contribution in [0.4, 0.5) is 0 Å². The molecule has 58 valence electrons. The molecule has 0 radical (unpaired) electrons. The number of nitrogens with two attached hydrogens (primary N) is 1. The highest BCUT2D eigenvalue weighted by Gasteiger charge is 1.83. The zero-order valence-electron chi connectivity index (χ0n) is 6.19. The van der Waals surface area contributed by atoms with Crippen LogP contribution in [0.3, 0.4) is 0 Å². The summed E-state index contributed by atoms with van der Waals surface area (Å²) in [5, 5.41) is 2.89. The van der Waals surface area contributed by atoms with Crippen LogP contribution in [0.5, 0.6) is 0 Å². The second-order valence-corrected chi connectivity index (χ2v) is 2.56. The van der Waals surface area contributed by atoms with E-state index in [4.69, 9.17) is 5.73 Å². The predicted molar refractivity (Wildman–Crippen MR) is 53.3 cm³/mol. The first-order valence-electron chi connectivity index (χ1n) is 2.93. The molecule has 0 aromatic rings. The molecular weight excluding hydrogens is 241 g/mol. The SMILES string of the molecule is CN/C(C)=N\C=C(\N)CI. The molecule has 0 bridgehead atoms. The van der Waals surface area contributed by atoms with Crippen LogP contribution >= 0.6 is 22.6 Å². The third-order valence-corrected chi connectivity index (χ3v) is 1.82. The Morgan fingerprint density at radius 1 is 1.80 bits per heavy atom. The summed E-state index contributed by atoms with van der Waals surface area (Å²) in [6.07, 6.45) is 1.66. The topological polar surface area (TPSA) is 50.4 Å². The lowest BCUT2D eigenvalue weighted by molar-refractivity contribution is 1.14. The lowest BCUT2D eigenvalue weighted by Crippen LogP contribution is -2.13. The number of amidine groups is 1. The van der Waals surface area contributed by atoms with Crippen LogP contribution in [0.2, 0.25) is 0 Å². The lowest BCUT2D eigenvalue weighted by atomic mass is 10.5. The number of nitrogens with zero attached hydrogens (tertiary/aromatic N) is 1. The fourth-order valence-corrected chi connectivity index (χ4v) is 0.476. The van der Waals surface area contributed by atoms with Crippen molar-refractivity contribution in [3.05, 3.63) is 11.9 Å². The van der Waals surface area contributed by atoms with E-state index < -0.39 is 0 Å². The second-order valence-electron chi connectivity index (χ2n) is 1.80. The van der Waals surface area contributed by atoms with Gasteiger partial charge in [-0.25, -0.2) is 4.99 Å². The minimum Gasteiger partial charge on any atom is -0.400 e. The lowest BCUT2D eigenvalue weighted by Gasteiger charge is -1.94. The van der Waals surface area contributed by atoms with Crippen molar-refractivity contribution in [3.63, 3.8) is 0 Å². The molecule has 4 heteroatoms. The molecule has 10 heavy (non-hydrogen) atoms. The summed E-state index contributed by atoms with van der Waals surface area (Å²) in [5.41, 5.74) is 6.28. The van der Waals surface area contributed by atoms with Gasteiger partial charge in [-0.1, -0.05) is 22.6 Å². The summed E-state index contributed by atoms with van der Waals surface area (Å²) in [6.45, 7) is 1.89. The molecule has 3 N–H and O–H groups in total. The molecule has 0 rings (SSSR count). The molecule has 0 aliphatic rings. The molecule has 0 aliphatic carbocycles. The fraction of sp³-hybridized carbons (Fsp3) is 0.500. The largest absolute Gasteiger partial charge is 0.400 e. The number of rotatable bonds is 2. The van der Waals surface area contributed by atoms with Gasteiger partial charge in [-0.2, -0.15) is 0 Å². The molecule has 0 aliphatic heterocycles. The summed E-state index contributed by atoms with van der Waals surface area (Å²) in [6, 6.07) is 0. The maximum Gasteiger partial charge on any atom is 0.0981 e. The van der Waals surface area contributed by atoms with Gasteiger partial charge in [-0.3, -0.25) is 0 Å². The van der Waals surface area contributed by atoms with Gasteiger partial charge < -0.3 is 11.1 Å². The Morgan fingerprint density at radius 2 is 2.40 bits per heavy atom. The van der Waals surface area contributed by atoms with E-state index in [2.05, 4.69) is 32.9 Å². The van der Waals surface area contributed by atoms with Crippen LogP contribution in [0.1, 0.15) is 6.92 Å². The quantitative estimate of drug-likeness (QED) is 0.332. The van der Waals surface area contributed by atoms with Crippen molar-refractivity contribution in [2.75, 3.05) is 11.5 Å². The molecule has 0 atom stereocenters. The summed E-state index contributed by atoms with van der Waals surface area (Å²) in [4.78, 5) is 4.03. The highest BCUT2D eigenvalue weighted by molar-refractivity contribution is 14.1. The normalized spacial score (nSPS) is 13.5. The maximum atomic E-state index is 5.49. The molecule has 0 aromatic heterocycles. The summed E-state index contributed by atoms with van der Waals surface area (Å²) in [5.74, 6) is 0.868. The van der Waals surface area contributed by atoms with Crippen LogP contribution in [-0.2, 0) is 0 Å². The standard InChI is InChI=1S/C6H12IN3/c1-5(9-2)10-4-6(8)3-7/h4H,3,8H2,1-2H3,(H,9,10)/b6-4+. The van der Waals surface area contributed by atoms with E-state index in [1.54, 1.807) is 6.20 Å². The van der Waals surface area contributed by atoms with Crippen LogP contribution in [0, 0.1) is 0 Å². The van der Waals surface area contributed by atoms with Crippen LogP contribution in [0.15, 0.2) is 16.9 Å². The molecule has 0 unspecified atom stereocenters. The van der Waals surface area contributed by atoms with Gasteiger partial charge in [0.2, 0.25) is 0 Å². The first kappa shape index (κ1) is 9.74. The van der Waals surface area contributed by atoms with Crippen molar-refractivity contribution < 1.29 is 0 Å².